The zero-order chi connectivity index (χ0) is 58.1. The molecule has 0 atom stereocenters. The minimum atomic E-state index is -6.02. The summed E-state index contributed by atoms with van der Waals surface area (Å²) in [7, 11) is -6.02. The summed E-state index contributed by atoms with van der Waals surface area (Å²) in [5.74, 6) is -6.51. The van der Waals surface area contributed by atoms with Crippen LogP contribution in [0.25, 0.3) is 0 Å². The van der Waals surface area contributed by atoms with E-state index in [1.807, 2.05) is 0 Å². The van der Waals surface area contributed by atoms with E-state index in [9.17, 15) is 80.3 Å². The summed E-state index contributed by atoms with van der Waals surface area (Å²) >= 11 is 18.2. The lowest BCUT2D eigenvalue weighted by atomic mass is 10.0. The lowest BCUT2D eigenvalue weighted by Crippen LogP contribution is -2.42. The molecule has 0 saturated heterocycles. The molecule has 0 aliphatic carbocycles. The van der Waals surface area contributed by atoms with E-state index in [1.165, 1.54) is 6.07 Å². The largest absolute Gasteiger partial charge is 0.534 e. The first-order chi connectivity index (χ1) is 35.5. The highest BCUT2D eigenvalue weighted by Gasteiger charge is 2.50. The Morgan fingerprint density at radius 1 is 0.545 bits per heavy atom. The van der Waals surface area contributed by atoms with Crippen molar-refractivity contribution in [2.75, 3.05) is 76.1 Å². The van der Waals surface area contributed by atoms with Crippen molar-refractivity contribution in [1.82, 2.24) is 20.0 Å². The van der Waals surface area contributed by atoms with E-state index in [4.69, 9.17) is 45.3 Å². The number of hydrogen-bond donors (Lipinski definition) is 4. The monoisotopic (exact) mass is 1200 g/mol. The van der Waals surface area contributed by atoms with E-state index >= 15 is 0 Å². The molecule has 3 aromatic carbocycles. The summed E-state index contributed by atoms with van der Waals surface area (Å²) in [6, 6.07) is 9.34. The summed E-state index contributed by atoms with van der Waals surface area (Å²) in [6.45, 7) is 6.00. The number of alkyl halides is 12. The fourth-order valence-electron chi connectivity index (χ4n) is 7.99. The summed E-state index contributed by atoms with van der Waals surface area (Å²) in [6.07, 6.45) is -14.6. The van der Waals surface area contributed by atoms with Crippen molar-refractivity contribution in [2.24, 2.45) is 5.73 Å². The van der Waals surface area contributed by atoms with Gasteiger partial charge >= 0.3 is 58.0 Å². The number of nitrogens with zero attached hydrogens (tertiary/aromatic N) is 3. The molecule has 0 saturated carbocycles. The summed E-state index contributed by atoms with van der Waals surface area (Å²) in [5, 5.41) is 9.34. The van der Waals surface area contributed by atoms with Crippen LogP contribution in [0.2, 0.25) is 15.1 Å². The molecule has 3 aliphatic rings. The van der Waals surface area contributed by atoms with Crippen LogP contribution < -0.4 is 25.9 Å². The van der Waals surface area contributed by atoms with Crippen LogP contribution in [-0.4, -0.2) is 142 Å². The number of halogens is 15. The number of benzene rings is 3. The molecule has 0 bridgehead atoms. The molecule has 0 spiro atoms. The van der Waals surface area contributed by atoms with E-state index in [2.05, 4.69) is 20.1 Å². The fraction of sp³-hybridized carbons (Fsp3) is 0.522. The molecule has 3 aromatic rings. The summed E-state index contributed by atoms with van der Waals surface area (Å²) in [4.78, 5) is 48.1. The molecule has 4 amide bonds. The SMILES string of the molecule is CC(C)(C)OC(=O)NCCNc1c(Cl)ccc2c1CCN(C(=O)C(F)(F)F)CC2.NCCNc1c(Cl)ccc2c1CCN(C(=O)C(F)(F)F)CC2.O=C(N1CCc2ccc(Cl)c(OS(=O)(=O)C(F)(F)F)c2CC1)C(F)(F)F. The van der Waals surface area contributed by atoms with Crippen LogP contribution in [0.1, 0.15) is 54.2 Å². The summed E-state index contributed by atoms with van der Waals surface area (Å²) < 4.78 is 183. The number of fused-ring (bicyclic) bond motifs is 3. The van der Waals surface area contributed by atoms with Crippen LogP contribution in [-0.2, 0) is 67.8 Å². The Morgan fingerprint density at radius 3 is 1.26 bits per heavy atom. The standard InChI is InChI=1S/C19H25ClF3N3O3.C14H17ClF3N3O.C13H10ClF6NO4S/c1-18(2,3)29-17(28)25-9-8-24-15-13-7-11-26(16(27)19(21,22)23)10-6-12(13)4-5-14(15)20;15-11-2-1-9-3-7-21(13(22)14(16,17)18)8-4-10(9)12(11)20-6-5-19;14-9-2-1-7-3-5-21(11(22)12(15,16)17)6-4-8(7)10(9)25-26(23,24)13(18,19)20/h4-5,24H,6-11H2,1-3H3,(H,25,28);1-2,20H,3-8,19H2;1-2H,3-6H2. The Hall–Kier alpha value is -5.32. The third kappa shape index (κ3) is 18.1. The predicted octanol–water partition coefficient (Wildman–Crippen LogP) is 9.02. The van der Waals surface area contributed by atoms with Gasteiger partial charge in [-0.1, -0.05) is 53.0 Å². The Balaban J connectivity index is 0.000000252. The van der Waals surface area contributed by atoms with Crippen LogP contribution in [0.3, 0.4) is 0 Å². The predicted molar refractivity (Wildman–Crippen MR) is 260 cm³/mol. The van der Waals surface area contributed by atoms with E-state index in [1.54, 1.807) is 45.0 Å². The molecular weight excluding hydrogens is 1140 g/mol. The lowest BCUT2D eigenvalue weighted by molar-refractivity contribution is -0.185. The number of nitrogens with two attached hydrogens (primary N) is 1. The number of carbonyl (C=O) groups is 4. The van der Waals surface area contributed by atoms with Gasteiger partial charge in [-0.05, 0) is 105 Å². The van der Waals surface area contributed by atoms with Crippen molar-refractivity contribution in [3.8, 4) is 5.75 Å². The molecule has 0 unspecified atom stereocenters. The molecule has 15 nitrogen and oxygen atoms in total. The van der Waals surface area contributed by atoms with Crippen molar-refractivity contribution >= 4 is 80.1 Å². The number of hydrogen-bond acceptors (Lipinski definition) is 11. The Labute approximate surface area is 449 Å². The molecule has 0 fully saturated rings. The van der Waals surface area contributed by atoms with Crippen LogP contribution in [0.5, 0.6) is 5.75 Å². The van der Waals surface area contributed by atoms with Crippen molar-refractivity contribution in [3.63, 3.8) is 0 Å². The third-order valence-corrected chi connectivity index (χ3v) is 13.4. The molecule has 5 N–H and O–H groups in total. The molecule has 0 aromatic heterocycles. The fourth-order valence-corrected chi connectivity index (χ4v) is 9.25. The first kappa shape index (κ1) is 64.2. The number of anilines is 2. The van der Waals surface area contributed by atoms with Gasteiger partial charge in [0.1, 0.15) is 5.60 Å². The number of amides is 4. The maximum absolute atomic E-state index is 12.7. The zero-order valence-electron chi connectivity index (χ0n) is 41.0. The maximum Gasteiger partial charge on any atom is 0.534 e. The molecule has 3 heterocycles. The second-order valence-corrected chi connectivity index (χ2v) is 20.8. The Morgan fingerprint density at radius 2 is 0.896 bits per heavy atom. The first-order valence-electron chi connectivity index (χ1n) is 23.1. The van der Waals surface area contributed by atoms with E-state index in [0.717, 1.165) is 38.1 Å². The second kappa shape index (κ2) is 26.1. The van der Waals surface area contributed by atoms with Gasteiger partial charge < -0.3 is 45.3 Å². The van der Waals surface area contributed by atoms with Crippen molar-refractivity contribution in [3.05, 3.63) is 84.8 Å². The molecule has 430 valence electrons. The highest BCUT2D eigenvalue weighted by atomic mass is 35.5. The highest BCUT2D eigenvalue weighted by molar-refractivity contribution is 7.88. The molecule has 6 rings (SSSR count). The van der Waals surface area contributed by atoms with Gasteiger partial charge in [0.05, 0.1) is 26.4 Å². The normalized spacial score (nSPS) is 15.3. The van der Waals surface area contributed by atoms with Gasteiger partial charge in [0.25, 0.3) is 0 Å². The van der Waals surface area contributed by atoms with Gasteiger partial charge in [-0.15, -0.1) is 0 Å². The van der Waals surface area contributed by atoms with Gasteiger partial charge in [-0.3, -0.25) is 14.4 Å². The zero-order valence-corrected chi connectivity index (χ0v) is 44.1. The van der Waals surface area contributed by atoms with Crippen LogP contribution in [0, 0.1) is 0 Å². The van der Waals surface area contributed by atoms with Gasteiger partial charge in [-0.25, -0.2) is 4.79 Å². The van der Waals surface area contributed by atoms with Gasteiger partial charge in [0.15, 0.2) is 5.75 Å². The van der Waals surface area contributed by atoms with Crippen LogP contribution in [0.15, 0.2) is 36.4 Å². The van der Waals surface area contributed by atoms with E-state index < -0.39 is 80.9 Å². The van der Waals surface area contributed by atoms with Gasteiger partial charge in [-0.2, -0.15) is 61.1 Å². The first-order valence-corrected chi connectivity index (χ1v) is 25.7. The second-order valence-electron chi connectivity index (χ2n) is 18.1. The minimum absolute atomic E-state index is 0.00733. The van der Waals surface area contributed by atoms with Gasteiger partial charge in [0, 0.05) is 71.0 Å². The Kier molecular flexibility index (Phi) is 21.8. The molecule has 3 aliphatic heterocycles. The number of carbonyl (C=O) groups excluding carboxylic acids is 4. The van der Waals surface area contributed by atoms with Crippen molar-refractivity contribution < 1.29 is 89.2 Å². The smallest absolute Gasteiger partial charge is 0.444 e. The van der Waals surface area contributed by atoms with E-state index in [-0.39, 0.29) is 69.7 Å². The highest BCUT2D eigenvalue weighted by Crippen LogP contribution is 2.39. The van der Waals surface area contributed by atoms with Crippen LogP contribution in [0.4, 0.5) is 68.9 Å². The number of alkyl carbamates (subject to hydrolysis) is 1. The quantitative estimate of drug-likeness (QED) is 0.0692. The van der Waals surface area contributed by atoms with Crippen molar-refractivity contribution in [2.45, 2.75) is 88.9 Å². The number of ether oxygens (including phenoxy) is 1. The number of rotatable bonds is 9. The average Bonchev–Trinajstić information content (AvgIpc) is 3.77. The molecular formula is C46H52Cl3F12N7O8S. The Bertz CT molecular complexity index is 2730. The number of nitrogens with one attached hydrogen (secondary N) is 3. The van der Waals surface area contributed by atoms with E-state index in [0.29, 0.717) is 65.2 Å². The summed E-state index contributed by atoms with van der Waals surface area (Å²) in [5.41, 5.74) is 3.99. The average molecular weight is 1200 g/mol. The minimum Gasteiger partial charge on any atom is -0.444 e. The van der Waals surface area contributed by atoms with Crippen molar-refractivity contribution in [1.29, 1.82) is 0 Å². The van der Waals surface area contributed by atoms with Crippen LogP contribution >= 0.6 is 34.8 Å². The van der Waals surface area contributed by atoms with Gasteiger partial charge in [0.2, 0.25) is 0 Å². The molecule has 0 radical (unpaired) electrons. The topological polar surface area (TPSA) is 193 Å². The third-order valence-electron chi connectivity index (χ3n) is 11.5. The molecule has 31 heteroatoms. The maximum atomic E-state index is 12.7. The molecule has 77 heavy (non-hydrogen) atoms. The lowest BCUT2D eigenvalue weighted by Gasteiger charge is -2.21.